The van der Waals surface area contributed by atoms with Gasteiger partial charge in [-0.3, -0.25) is 0 Å². The lowest BCUT2D eigenvalue weighted by Crippen LogP contribution is -1.91. The van der Waals surface area contributed by atoms with Crippen molar-refractivity contribution in [3.63, 3.8) is 0 Å². The zero-order chi connectivity index (χ0) is 10.8. The molecular weight excluding hydrogens is 190 g/mol. The van der Waals surface area contributed by atoms with E-state index in [1.807, 2.05) is 19.9 Å². The third-order valence-corrected chi connectivity index (χ3v) is 2.45. The van der Waals surface area contributed by atoms with Crippen molar-refractivity contribution in [3.8, 4) is 17.0 Å². The topological polar surface area (TPSA) is 35.3 Å². The molecule has 78 valence electrons. The molecule has 0 saturated carbocycles. The maximum Gasteiger partial charge on any atom is 0.181 e. The Morgan fingerprint density at radius 1 is 1.20 bits per heavy atom. The smallest absolute Gasteiger partial charge is 0.181 e. The van der Waals surface area contributed by atoms with Crippen molar-refractivity contribution < 1.29 is 9.15 Å². The highest BCUT2D eigenvalue weighted by atomic mass is 16.5. The molecule has 2 rings (SSSR count). The maximum atomic E-state index is 5.25. The number of aromatic nitrogens is 1. The van der Waals surface area contributed by atoms with Crippen molar-refractivity contribution in [2.75, 3.05) is 7.11 Å². The second-order valence-corrected chi connectivity index (χ2v) is 3.51. The summed E-state index contributed by atoms with van der Waals surface area (Å²) in [5.41, 5.74) is 4.17. The molecule has 2 aromatic rings. The molecule has 1 heterocycles. The summed E-state index contributed by atoms with van der Waals surface area (Å²) in [6.45, 7) is 4.05. The molecule has 1 aromatic heterocycles. The van der Waals surface area contributed by atoms with E-state index in [0.717, 1.165) is 28.1 Å². The van der Waals surface area contributed by atoms with E-state index in [2.05, 4.69) is 11.1 Å². The van der Waals surface area contributed by atoms with E-state index in [1.165, 1.54) is 6.39 Å². The standard InChI is InChI=1S/C12H13NO2/c1-8-5-12(14-3)9(2)4-10(8)11-6-15-7-13-11/h4-7H,1-3H3. The summed E-state index contributed by atoms with van der Waals surface area (Å²) in [7, 11) is 1.68. The van der Waals surface area contributed by atoms with Crippen molar-refractivity contribution >= 4 is 0 Å². The van der Waals surface area contributed by atoms with Gasteiger partial charge in [0.25, 0.3) is 0 Å². The van der Waals surface area contributed by atoms with E-state index >= 15 is 0 Å². The van der Waals surface area contributed by atoms with Crippen LogP contribution < -0.4 is 4.74 Å². The second-order valence-electron chi connectivity index (χ2n) is 3.51. The van der Waals surface area contributed by atoms with Crippen LogP contribution in [-0.2, 0) is 0 Å². The fourth-order valence-electron chi connectivity index (χ4n) is 1.63. The molecule has 0 fully saturated rings. The average molecular weight is 203 g/mol. The zero-order valence-corrected chi connectivity index (χ0v) is 9.07. The fraction of sp³-hybridized carbons (Fsp3) is 0.250. The van der Waals surface area contributed by atoms with Gasteiger partial charge < -0.3 is 9.15 Å². The molecule has 0 saturated heterocycles. The molecule has 0 bridgehead atoms. The molecule has 0 aliphatic heterocycles. The molecule has 1 aromatic carbocycles. The Balaban J connectivity index is 2.55. The fourth-order valence-corrected chi connectivity index (χ4v) is 1.63. The van der Waals surface area contributed by atoms with Crippen LogP contribution in [0.2, 0.25) is 0 Å². The van der Waals surface area contributed by atoms with Crippen LogP contribution in [0.15, 0.2) is 29.2 Å². The highest BCUT2D eigenvalue weighted by molar-refractivity contribution is 5.65. The molecule has 0 aliphatic rings. The van der Waals surface area contributed by atoms with Gasteiger partial charge in [-0.05, 0) is 37.1 Å². The number of oxazole rings is 1. The van der Waals surface area contributed by atoms with Crippen LogP contribution in [0, 0.1) is 13.8 Å². The minimum absolute atomic E-state index is 0.859. The summed E-state index contributed by atoms with van der Waals surface area (Å²) in [6.07, 6.45) is 3.09. The summed E-state index contributed by atoms with van der Waals surface area (Å²) in [5.74, 6) is 0.903. The normalized spacial score (nSPS) is 10.3. The molecule has 0 aliphatic carbocycles. The highest BCUT2D eigenvalue weighted by Crippen LogP contribution is 2.28. The SMILES string of the molecule is COc1cc(C)c(-c2cocn2)cc1C. The minimum atomic E-state index is 0.859. The van der Waals surface area contributed by atoms with E-state index in [4.69, 9.17) is 9.15 Å². The van der Waals surface area contributed by atoms with Gasteiger partial charge in [-0.25, -0.2) is 4.98 Å². The highest BCUT2D eigenvalue weighted by Gasteiger charge is 2.08. The number of hydrogen-bond donors (Lipinski definition) is 0. The van der Waals surface area contributed by atoms with Crippen LogP contribution in [0.4, 0.5) is 0 Å². The predicted molar refractivity (Wildman–Crippen MR) is 58.0 cm³/mol. The summed E-state index contributed by atoms with van der Waals surface area (Å²) < 4.78 is 10.2. The van der Waals surface area contributed by atoms with Gasteiger partial charge >= 0.3 is 0 Å². The van der Waals surface area contributed by atoms with Crippen LogP contribution >= 0.6 is 0 Å². The lowest BCUT2D eigenvalue weighted by Gasteiger charge is -2.09. The van der Waals surface area contributed by atoms with Gasteiger partial charge in [-0.1, -0.05) is 0 Å². The van der Waals surface area contributed by atoms with Gasteiger partial charge in [0, 0.05) is 5.56 Å². The predicted octanol–water partition coefficient (Wildman–Crippen LogP) is 2.97. The third kappa shape index (κ3) is 1.73. The first-order valence-electron chi connectivity index (χ1n) is 4.76. The van der Waals surface area contributed by atoms with Crippen LogP contribution in [0.25, 0.3) is 11.3 Å². The molecule has 3 heteroatoms. The van der Waals surface area contributed by atoms with E-state index in [1.54, 1.807) is 13.4 Å². The molecule has 15 heavy (non-hydrogen) atoms. The number of benzene rings is 1. The number of hydrogen-bond acceptors (Lipinski definition) is 3. The summed E-state index contributed by atoms with van der Waals surface area (Å²) in [6, 6.07) is 4.07. The van der Waals surface area contributed by atoms with E-state index in [0.29, 0.717) is 0 Å². The molecule has 0 spiro atoms. The van der Waals surface area contributed by atoms with Gasteiger partial charge in [-0.2, -0.15) is 0 Å². The second kappa shape index (κ2) is 3.77. The number of nitrogens with zero attached hydrogens (tertiary/aromatic N) is 1. The Kier molecular flexibility index (Phi) is 2.46. The Morgan fingerprint density at radius 3 is 2.60 bits per heavy atom. The van der Waals surface area contributed by atoms with E-state index in [9.17, 15) is 0 Å². The Labute approximate surface area is 88.7 Å². The van der Waals surface area contributed by atoms with E-state index < -0.39 is 0 Å². The van der Waals surface area contributed by atoms with Gasteiger partial charge in [0.15, 0.2) is 6.39 Å². The van der Waals surface area contributed by atoms with E-state index in [-0.39, 0.29) is 0 Å². The average Bonchev–Trinajstić information content (AvgIpc) is 2.74. The molecular formula is C12H13NO2. The van der Waals surface area contributed by atoms with Gasteiger partial charge in [0.1, 0.15) is 17.7 Å². The monoisotopic (exact) mass is 203 g/mol. The van der Waals surface area contributed by atoms with Gasteiger partial charge in [0.2, 0.25) is 0 Å². The molecule has 0 N–H and O–H groups in total. The third-order valence-electron chi connectivity index (χ3n) is 2.45. The van der Waals surface area contributed by atoms with Crippen LogP contribution in [0.1, 0.15) is 11.1 Å². The summed E-state index contributed by atoms with van der Waals surface area (Å²) in [4.78, 5) is 4.14. The largest absolute Gasteiger partial charge is 0.496 e. The molecule has 0 amide bonds. The number of aryl methyl sites for hydroxylation is 2. The molecule has 0 radical (unpaired) electrons. The Bertz CT molecular complexity index is 461. The first kappa shape index (κ1) is 9.77. The zero-order valence-electron chi connectivity index (χ0n) is 9.07. The van der Waals surface area contributed by atoms with Crippen LogP contribution in [-0.4, -0.2) is 12.1 Å². The summed E-state index contributed by atoms with van der Waals surface area (Å²) >= 11 is 0. The van der Waals surface area contributed by atoms with Gasteiger partial charge in [-0.15, -0.1) is 0 Å². The lowest BCUT2D eigenvalue weighted by molar-refractivity contribution is 0.411. The Hall–Kier alpha value is -1.77. The minimum Gasteiger partial charge on any atom is -0.496 e. The molecule has 3 nitrogen and oxygen atoms in total. The molecule has 0 atom stereocenters. The summed E-state index contributed by atoms with van der Waals surface area (Å²) in [5, 5.41) is 0. The van der Waals surface area contributed by atoms with Crippen molar-refractivity contribution in [2.45, 2.75) is 13.8 Å². The van der Waals surface area contributed by atoms with Crippen LogP contribution in [0.5, 0.6) is 5.75 Å². The van der Waals surface area contributed by atoms with Crippen molar-refractivity contribution in [2.24, 2.45) is 0 Å². The van der Waals surface area contributed by atoms with Gasteiger partial charge in [0.05, 0.1) is 7.11 Å². The number of ether oxygens (including phenoxy) is 1. The Morgan fingerprint density at radius 2 is 2.00 bits per heavy atom. The van der Waals surface area contributed by atoms with Crippen molar-refractivity contribution in [1.29, 1.82) is 0 Å². The maximum absolute atomic E-state index is 5.25. The van der Waals surface area contributed by atoms with Crippen molar-refractivity contribution in [1.82, 2.24) is 4.98 Å². The first-order valence-corrected chi connectivity index (χ1v) is 4.76. The number of methoxy groups -OCH3 is 1. The molecule has 0 unspecified atom stereocenters. The number of rotatable bonds is 2. The van der Waals surface area contributed by atoms with Crippen LogP contribution in [0.3, 0.4) is 0 Å². The first-order chi connectivity index (χ1) is 7.22. The van der Waals surface area contributed by atoms with Crippen molar-refractivity contribution in [3.05, 3.63) is 35.9 Å². The lowest BCUT2D eigenvalue weighted by atomic mass is 10.0. The quantitative estimate of drug-likeness (QED) is 0.752.